The molecule has 0 atom stereocenters. The van der Waals surface area contributed by atoms with Gasteiger partial charge in [0, 0.05) is 10.6 Å². The van der Waals surface area contributed by atoms with Crippen LogP contribution in [0.15, 0.2) is 58.6 Å². The second kappa shape index (κ2) is 12.7. The molecule has 29 heavy (non-hydrogen) atoms. The summed E-state index contributed by atoms with van der Waals surface area (Å²) in [4.78, 5) is 18.1. The van der Waals surface area contributed by atoms with E-state index in [1.54, 1.807) is 18.2 Å². The van der Waals surface area contributed by atoms with Gasteiger partial charge >= 0.3 is 6.09 Å². The Morgan fingerprint density at radius 1 is 1.07 bits per heavy atom. The number of ether oxygens (including phenoxy) is 2. The average Bonchev–Trinajstić information content (AvgIpc) is 2.73. The maximum atomic E-state index is 12.2. The quantitative estimate of drug-likeness (QED) is 0.232. The number of hydrogen-bond acceptors (Lipinski definition) is 6. The van der Waals surface area contributed by atoms with Crippen LogP contribution >= 0.6 is 11.8 Å². The topological polar surface area (TPSA) is 69.1 Å². The number of nitrogens with zero attached hydrogens (tertiary/aromatic N) is 1. The van der Waals surface area contributed by atoms with E-state index in [9.17, 15) is 4.79 Å². The molecule has 1 amide bonds. The van der Waals surface area contributed by atoms with Crippen molar-refractivity contribution in [3.05, 3.63) is 60.5 Å². The van der Waals surface area contributed by atoms with Crippen LogP contribution in [0.3, 0.4) is 0 Å². The lowest BCUT2D eigenvalue weighted by atomic mass is 10.1. The molecule has 1 radical (unpaired) electrons. The standard InChI is InChI=1S/C22H27N2O4S/c1-4-14-27-19-10-6-17(7-11-19)16-21(24-26-3)28-22(25)23-18-8-12-20(13-9-18)29-15-5-2/h6-13,16H,4-5,14-15H2,1-3H3,(H,23,25). The molecule has 0 heterocycles. The van der Waals surface area contributed by atoms with Gasteiger partial charge in [-0.25, -0.2) is 4.79 Å². The van der Waals surface area contributed by atoms with Crippen molar-refractivity contribution in [1.29, 1.82) is 0 Å². The summed E-state index contributed by atoms with van der Waals surface area (Å²) in [6.07, 6.45) is 3.02. The Morgan fingerprint density at radius 3 is 2.41 bits per heavy atom. The van der Waals surface area contributed by atoms with E-state index >= 15 is 0 Å². The third kappa shape index (κ3) is 8.48. The van der Waals surface area contributed by atoms with E-state index in [4.69, 9.17) is 14.3 Å². The molecule has 1 N–H and O–H groups in total. The highest BCUT2D eigenvalue weighted by atomic mass is 32.2. The molecule has 0 saturated carbocycles. The summed E-state index contributed by atoms with van der Waals surface area (Å²) in [5.74, 6) is 1.89. The van der Waals surface area contributed by atoms with Gasteiger partial charge in [-0.15, -0.1) is 11.8 Å². The number of carbonyl (C=O) groups excluding carboxylic acids is 1. The Hall–Kier alpha value is -2.67. The van der Waals surface area contributed by atoms with E-state index in [-0.39, 0.29) is 5.90 Å². The van der Waals surface area contributed by atoms with Gasteiger partial charge < -0.3 is 14.3 Å². The van der Waals surface area contributed by atoms with Crippen molar-refractivity contribution in [2.24, 2.45) is 5.16 Å². The van der Waals surface area contributed by atoms with E-state index in [1.807, 2.05) is 48.5 Å². The van der Waals surface area contributed by atoms with Gasteiger partial charge in [-0.05, 0) is 60.6 Å². The molecule has 0 aromatic heterocycles. The Bertz CT molecular complexity index is 776. The first kappa shape index (κ1) is 22.6. The number of hydrogen-bond donors (Lipinski definition) is 1. The summed E-state index contributed by atoms with van der Waals surface area (Å²) in [5, 5.41) is 6.45. The first-order chi connectivity index (χ1) is 14.1. The molecular formula is C22H27N2O4S. The lowest BCUT2D eigenvalue weighted by molar-refractivity contribution is 0.188. The van der Waals surface area contributed by atoms with Crippen molar-refractivity contribution in [2.45, 2.75) is 31.6 Å². The number of benzene rings is 2. The lowest BCUT2D eigenvalue weighted by Gasteiger charge is -2.10. The maximum absolute atomic E-state index is 12.2. The van der Waals surface area contributed by atoms with Crippen LogP contribution in [0.2, 0.25) is 0 Å². The molecule has 0 bridgehead atoms. The monoisotopic (exact) mass is 415 g/mol. The van der Waals surface area contributed by atoms with Gasteiger partial charge in [0.15, 0.2) is 0 Å². The van der Waals surface area contributed by atoms with Crippen molar-refractivity contribution in [1.82, 2.24) is 0 Å². The Morgan fingerprint density at radius 2 is 1.79 bits per heavy atom. The van der Waals surface area contributed by atoms with Gasteiger partial charge in [-0.3, -0.25) is 5.32 Å². The molecule has 2 aromatic carbocycles. The van der Waals surface area contributed by atoms with Crippen LogP contribution in [0.5, 0.6) is 5.75 Å². The van der Waals surface area contributed by atoms with Gasteiger partial charge in [0.25, 0.3) is 0 Å². The van der Waals surface area contributed by atoms with Crippen LogP contribution in [0, 0.1) is 6.42 Å². The minimum Gasteiger partial charge on any atom is -0.494 e. The Kier molecular flexibility index (Phi) is 9.92. The van der Waals surface area contributed by atoms with Crippen LogP contribution in [0.1, 0.15) is 32.3 Å². The highest BCUT2D eigenvalue weighted by Crippen LogP contribution is 2.21. The average molecular weight is 416 g/mol. The van der Waals surface area contributed by atoms with Crippen molar-refractivity contribution in [3.63, 3.8) is 0 Å². The molecule has 2 aromatic rings. The van der Waals surface area contributed by atoms with E-state index in [1.165, 1.54) is 7.11 Å². The van der Waals surface area contributed by atoms with Crippen molar-refractivity contribution >= 4 is 29.4 Å². The zero-order valence-corrected chi connectivity index (χ0v) is 17.8. The predicted molar refractivity (Wildman–Crippen MR) is 118 cm³/mol. The molecule has 0 spiro atoms. The highest BCUT2D eigenvalue weighted by Gasteiger charge is 2.12. The normalized spacial score (nSPS) is 11.1. The third-order valence-electron chi connectivity index (χ3n) is 3.60. The summed E-state index contributed by atoms with van der Waals surface area (Å²) in [6, 6.07) is 15.0. The molecule has 0 aliphatic rings. The van der Waals surface area contributed by atoms with Gasteiger partial charge in [-0.1, -0.05) is 31.1 Å². The zero-order chi connectivity index (χ0) is 20.9. The second-order valence-corrected chi connectivity index (χ2v) is 7.23. The fraction of sp³-hybridized carbons (Fsp3) is 0.318. The number of carbonyl (C=O) groups is 1. The van der Waals surface area contributed by atoms with Crippen LogP contribution in [-0.2, 0) is 9.57 Å². The molecule has 0 aliphatic heterocycles. The summed E-state index contributed by atoms with van der Waals surface area (Å²) in [5.41, 5.74) is 1.44. The number of nitrogens with one attached hydrogen (secondary N) is 1. The summed E-state index contributed by atoms with van der Waals surface area (Å²) >= 11 is 1.78. The van der Waals surface area contributed by atoms with Gasteiger partial charge in [0.2, 0.25) is 5.90 Å². The van der Waals surface area contributed by atoms with Gasteiger partial charge in [-0.2, -0.15) is 0 Å². The van der Waals surface area contributed by atoms with Crippen molar-refractivity contribution in [3.8, 4) is 5.75 Å². The third-order valence-corrected chi connectivity index (χ3v) is 4.81. The second-order valence-electron chi connectivity index (χ2n) is 6.06. The predicted octanol–water partition coefficient (Wildman–Crippen LogP) is 5.74. The minimum absolute atomic E-state index is 0.0438. The Labute approximate surface area is 176 Å². The fourth-order valence-corrected chi connectivity index (χ4v) is 3.05. The molecule has 155 valence electrons. The van der Waals surface area contributed by atoms with Gasteiger partial charge in [0.1, 0.15) is 12.9 Å². The van der Waals surface area contributed by atoms with Gasteiger partial charge in [0.05, 0.1) is 13.0 Å². The molecule has 0 fully saturated rings. The van der Waals surface area contributed by atoms with E-state index < -0.39 is 6.09 Å². The smallest absolute Gasteiger partial charge is 0.418 e. The van der Waals surface area contributed by atoms with Crippen LogP contribution < -0.4 is 10.1 Å². The maximum Gasteiger partial charge on any atom is 0.418 e. The fourth-order valence-electron chi connectivity index (χ4n) is 2.28. The molecule has 0 unspecified atom stereocenters. The Balaban J connectivity index is 1.90. The largest absolute Gasteiger partial charge is 0.494 e. The highest BCUT2D eigenvalue weighted by molar-refractivity contribution is 7.99. The molecule has 2 rings (SSSR count). The van der Waals surface area contributed by atoms with E-state index in [0.717, 1.165) is 34.8 Å². The lowest BCUT2D eigenvalue weighted by Crippen LogP contribution is -2.19. The first-order valence-electron chi connectivity index (χ1n) is 9.55. The number of anilines is 1. The summed E-state index contributed by atoms with van der Waals surface area (Å²) in [7, 11) is 1.39. The van der Waals surface area contributed by atoms with E-state index in [0.29, 0.717) is 12.3 Å². The molecule has 0 aliphatic carbocycles. The molecular weight excluding hydrogens is 388 g/mol. The first-order valence-corrected chi connectivity index (χ1v) is 10.5. The summed E-state index contributed by atoms with van der Waals surface area (Å²) < 4.78 is 10.8. The number of amides is 1. The number of rotatable bonds is 10. The molecule has 7 heteroatoms. The van der Waals surface area contributed by atoms with Crippen LogP contribution in [0.25, 0.3) is 0 Å². The van der Waals surface area contributed by atoms with Crippen LogP contribution in [-0.4, -0.2) is 31.5 Å². The molecule has 6 nitrogen and oxygen atoms in total. The van der Waals surface area contributed by atoms with Crippen LogP contribution in [0.4, 0.5) is 10.5 Å². The number of thioether (sulfide) groups is 1. The molecule has 0 saturated heterocycles. The van der Waals surface area contributed by atoms with Crippen molar-refractivity contribution in [2.75, 3.05) is 24.8 Å². The summed E-state index contributed by atoms with van der Waals surface area (Å²) in [6.45, 7) is 4.86. The van der Waals surface area contributed by atoms with Crippen molar-refractivity contribution < 1.29 is 19.1 Å². The SMILES string of the molecule is CCCOc1ccc([CH]C(=NOC)OC(=O)Nc2ccc(SCCC)cc2)cc1. The minimum atomic E-state index is -0.645. The van der Waals surface area contributed by atoms with E-state index in [2.05, 4.69) is 24.3 Å². The number of oxime groups is 1. The zero-order valence-electron chi connectivity index (χ0n) is 17.0.